The van der Waals surface area contributed by atoms with Crippen LogP contribution in [-0.2, 0) is 0 Å². The largest absolute Gasteiger partial charge is 0.489 e. The predicted molar refractivity (Wildman–Crippen MR) is 100.0 cm³/mol. The van der Waals surface area contributed by atoms with Crippen LogP contribution in [0.2, 0.25) is 0 Å². The summed E-state index contributed by atoms with van der Waals surface area (Å²) >= 11 is 6.44. The fraction of sp³-hybridized carbons (Fsp3) is 0.294. The number of nitrogens with one attached hydrogen (secondary N) is 1. The molecule has 0 spiro atoms. The van der Waals surface area contributed by atoms with Crippen molar-refractivity contribution in [1.29, 1.82) is 0 Å². The average Bonchev–Trinajstić information content (AvgIpc) is 2.59. The maximum atomic E-state index is 13.6. The van der Waals surface area contributed by atoms with Gasteiger partial charge in [-0.2, -0.15) is 5.10 Å². The van der Waals surface area contributed by atoms with E-state index in [0.717, 1.165) is 17.4 Å². The van der Waals surface area contributed by atoms with Gasteiger partial charge in [0.1, 0.15) is 24.0 Å². The molecule has 1 aliphatic rings. The fourth-order valence-corrected chi connectivity index (χ4v) is 2.23. The Morgan fingerprint density at radius 1 is 1.29 bits per heavy atom. The molecule has 0 unspecified atom stereocenters. The summed E-state index contributed by atoms with van der Waals surface area (Å²) in [5, 5.41) is 4.20. The van der Waals surface area contributed by atoms with E-state index in [1.807, 2.05) is 25.3 Å². The topological polar surface area (TPSA) is 33.6 Å². The molecule has 24 heavy (non-hydrogen) atoms. The van der Waals surface area contributed by atoms with Gasteiger partial charge < -0.3 is 4.74 Å². The first kappa shape index (κ1) is 18.6. The lowest BCUT2D eigenvalue weighted by Crippen LogP contribution is -2.13. The summed E-state index contributed by atoms with van der Waals surface area (Å²) in [5.74, 6) is -0.339. The number of allylic oxidation sites excluding steroid dienone is 3. The van der Waals surface area contributed by atoms with Gasteiger partial charge in [0.2, 0.25) is 0 Å². The van der Waals surface area contributed by atoms with E-state index in [0.29, 0.717) is 22.1 Å². The first-order chi connectivity index (χ1) is 11.5. The molecule has 2 rings (SSSR count). The highest BCUT2D eigenvalue weighted by Crippen LogP contribution is 2.26. The molecule has 0 radical (unpaired) electrons. The molecule has 7 heteroatoms. The first-order valence-electron chi connectivity index (χ1n) is 7.34. The molecular weight excluding hydrogens is 350 g/mol. The van der Waals surface area contributed by atoms with Crippen LogP contribution in [-0.4, -0.2) is 22.9 Å². The van der Waals surface area contributed by atoms with E-state index >= 15 is 0 Å². The summed E-state index contributed by atoms with van der Waals surface area (Å²) in [6.45, 7) is 1.99. The SMILES string of the molecule is CSC(=S)N/N=C(\C)c1ccc(OCC2=C(F)C=C(F)CC2)cc1. The number of hydrogen-bond donors (Lipinski definition) is 1. The second-order valence-corrected chi connectivity index (χ2v) is 6.64. The molecule has 0 saturated heterocycles. The van der Waals surface area contributed by atoms with Crippen LogP contribution < -0.4 is 10.2 Å². The van der Waals surface area contributed by atoms with Crippen molar-refractivity contribution in [2.75, 3.05) is 12.9 Å². The van der Waals surface area contributed by atoms with Crippen LogP contribution in [0.1, 0.15) is 25.3 Å². The van der Waals surface area contributed by atoms with Crippen molar-refractivity contribution >= 4 is 34.0 Å². The molecule has 0 bridgehead atoms. The van der Waals surface area contributed by atoms with E-state index in [-0.39, 0.29) is 13.0 Å². The molecule has 0 atom stereocenters. The van der Waals surface area contributed by atoms with Crippen LogP contribution in [0.4, 0.5) is 8.78 Å². The number of ether oxygens (including phenoxy) is 1. The fourth-order valence-electron chi connectivity index (χ4n) is 2.05. The van der Waals surface area contributed by atoms with Crippen LogP contribution in [0.3, 0.4) is 0 Å². The highest BCUT2D eigenvalue weighted by molar-refractivity contribution is 8.22. The van der Waals surface area contributed by atoms with Crippen LogP contribution in [0.15, 0.2) is 52.7 Å². The van der Waals surface area contributed by atoms with Gasteiger partial charge in [-0.25, -0.2) is 8.78 Å². The van der Waals surface area contributed by atoms with E-state index in [9.17, 15) is 8.78 Å². The Labute approximate surface area is 149 Å². The van der Waals surface area contributed by atoms with Gasteiger partial charge in [-0.1, -0.05) is 24.0 Å². The molecule has 128 valence electrons. The maximum absolute atomic E-state index is 13.6. The zero-order valence-electron chi connectivity index (χ0n) is 13.4. The normalized spacial score (nSPS) is 15.2. The second-order valence-electron chi connectivity index (χ2n) is 5.16. The van der Waals surface area contributed by atoms with Crippen LogP contribution in [0.5, 0.6) is 5.75 Å². The maximum Gasteiger partial charge on any atom is 0.153 e. The summed E-state index contributed by atoms with van der Waals surface area (Å²) in [4.78, 5) is 0. The molecule has 0 fully saturated rings. The number of hydrogen-bond acceptors (Lipinski definition) is 4. The molecule has 0 amide bonds. The zero-order chi connectivity index (χ0) is 17.5. The van der Waals surface area contributed by atoms with E-state index in [1.54, 1.807) is 12.1 Å². The number of nitrogens with zero attached hydrogens (tertiary/aromatic N) is 1. The molecule has 0 aromatic heterocycles. The van der Waals surface area contributed by atoms with Crippen molar-refractivity contribution in [3.63, 3.8) is 0 Å². The summed E-state index contributed by atoms with van der Waals surface area (Å²) in [6, 6.07) is 7.31. The van der Waals surface area contributed by atoms with Gasteiger partial charge in [-0.05, 0) is 49.4 Å². The standard InChI is InChI=1S/C17H18F2N2OS2/c1-11(20-21-17(23)24-2)12-4-7-15(8-5-12)22-10-13-3-6-14(18)9-16(13)19/h4-5,7-9H,3,6,10H2,1-2H3,(H,21,23)/b20-11+. The van der Waals surface area contributed by atoms with Crippen molar-refractivity contribution in [1.82, 2.24) is 5.43 Å². The minimum Gasteiger partial charge on any atom is -0.489 e. The average molecular weight is 368 g/mol. The van der Waals surface area contributed by atoms with Crippen LogP contribution >= 0.6 is 24.0 Å². The van der Waals surface area contributed by atoms with Gasteiger partial charge in [0.15, 0.2) is 4.32 Å². The van der Waals surface area contributed by atoms with Gasteiger partial charge in [0, 0.05) is 18.1 Å². The summed E-state index contributed by atoms with van der Waals surface area (Å²) in [6.07, 6.45) is 3.38. The minimum atomic E-state index is -0.533. The quantitative estimate of drug-likeness (QED) is 0.455. The van der Waals surface area contributed by atoms with Crippen molar-refractivity contribution in [2.24, 2.45) is 5.10 Å². The third kappa shape index (κ3) is 5.42. The highest BCUT2D eigenvalue weighted by Gasteiger charge is 2.14. The smallest absolute Gasteiger partial charge is 0.153 e. The Balaban J connectivity index is 1.95. The molecule has 1 aliphatic carbocycles. The molecular formula is C17H18F2N2OS2. The third-order valence-corrected chi connectivity index (χ3v) is 4.53. The number of hydrazone groups is 1. The second kappa shape index (κ2) is 8.94. The van der Waals surface area contributed by atoms with Crippen molar-refractivity contribution in [3.05, 3.63) is 53.1 Å². The Hall–Kier alpha value is -1.73. The first-order valence-corrected chi connectivity index (χ1v) is 8.98. The number of thioether (sulfide) groups is 1. The predicted octanol–water partition coefficient (Wildman–Crippen LogP) is 4.90. The van der Waals surface area contributed by atoms with Crippen molar-refractivity contribution in [2.45, 2.75) is 19.8 Å². The van der Waals surface area contributed by atoms with Crippen LogP contribution in [0, 0.1) is 0 Å². The van der Waals surface area contributed by atoms with Gasteiger partial charge in [0.25, 0.3) is 0 Å². The van der Waals surface area contributed by atoms with Gasteiger partial charge in [0.05, 0.1) is 5.71 Å². The minimum absolute atomic E-state index is 0.117. The third-order valence-electron chi connectivity index (χ3n) is 3.47. The number of benzene rings is 1. The molecule has 0 saturated carbocycles. The van der Waals surface area contributed by atoms with Crippen LogP contribution in [0.25, 0.3) is 0 Å². The Morgan fingerprint density at radius 3 is 2.62 bits per heavy atom. The molecule has 3 nitrogen and oxygen atoms in total. The Bertz CT molecular complexity index is 697. The van der Waals surface area contributed by atoms with Crippen molar-refractivity contribution < 1.29 is 13.5 Å². The van der Waals surface area contributed by atoms with E-state index in [2.05, 4.69) is 10.5 Å². The van der Waals surface area contributed by atoms with Gasteiger partial charge in [-0.15, -0.1) is 0 Å². The monoisotopic (exact) mass is 368 g/mol. The van der Waals surface area contributed by atoms with Gasteiger partial charge >= 0.3 is 0 Å². The lowest BCUT2D eigenvalue weighted by atomic mass is 10.0. The van der Waals surface area contributed by atoms with E-state index in [1.165, 1.54) is 11.8 Å². The van der Waals surface area contributed by atoms with Crippen molar-refractivity contribution in [3.8, 4) is 5.75 Å². The molecule has 1 aromatic rings. The lowest BCUT2D eigenvalue weighted by molar-refractivity contribution is 0.339. The molecule has 0 heterocycles. The molecule has 1 aromatic carbocycles. The number of thiocarbonyl (C=S) groups is 1. The summed E-state index contributed by atoms with van der Waals surface area (Å²) < 4.78 is 32.7. The van der Waals surface area contributed by atoms with Gasteiger partial charge in [-0.3, -0.25) is 5.43 Å². The summed E-state index contributed by atoms with van der Waals surface area (Å²) in [7, 11) is 0. The van der Waals surface area contributed by atoms with E-state index < -0.39 is 11.7 Å². The Morgan fingerprint density at radius 2 is 2.00 bits per heavy atom. The van der Waals surface area contributed by atoms with E-state index in [4.69, 9.17) is 17.0 Å². The summed E-state index contributed by atoms with van der Waals surface area (Å²) in [5.41, 5.74) is 4.98. The highest BCUT2D eigenvalue weighted by atomic mass is 32.2. The molecule has 0 aliphatic heterocycles. The number of halogens is 2. The molecule has 1 N–H and O–H groups in total. The Kier molecular flexibility index (Phi) is 6.93. The number of rotatable bonds is 5. The zero-order valence-corrected chi connectivity index (χ0v) is 15.1. The lowest BCUT2D eigenvalue weighted by Gasteiger charge is -2.13.